The summed E-state index contributed by atoms with van der Waals surface area (Å²) in [7, 11) is 0. The third kappa shape index (κ3) is 4.42. The molecule has 1 aromatic rings. The molecule has 28 heavy (non-hydrogen) atoms. The summed E-state index contributed by atoms with van der Waals surface area (Å²) in [6.07, 6.45) is 7.65. The van der Waals surface area contributed by atoms with Crippen LogP contribution in [0.2, 0.25) is 0 Å². The Bertz CT molecular complexity index is 723. The van der Waals surface area contributed by atoms with E-state index in [9.17, 15) is 9.59 Å². The van der Waals surface area contributed by atoms with Crippen LogP contribution in [0.5, 0.6) is 11.5 Å². The fraction of sp³-hybridized carbons (Fsp3) is 0.636. The maximum Gasteiger partial charge on any atom is 0.223 e. The fourth-order valence-electron chi connectivity index (χ4n) is 4.30. The number of carbonyl (C=O) groups is 2. The maximum absolute atomic E-state index is 12.3. The number of hydrogen-bond donors (Lipinski definition) is 2. The topological polar surface area (TPSA) is 76.7 Å². The van der Waals surface area contributed by atoms with E-state index in [1.807, 2.05) is 6.07 Å². The molecule has 2 amide bonds. The lowest BCUT2D eigenvalue weighted by atomic mass is 9.78. The third-order valence-corrected chi connectivity index (χ3v) is 6.17. The highest BCUT2D eigenvalue weighted by atomic mass is 16.6. The first-order chi connectivity index (χ1) is 13.7. The number of benzene rings is 1. The van der Waals surface area contributed by atoms with Crippen molar-refractivity contribution < 1.29 is 19.1 Å². The van der Waals surface area contributed by atoms with Gasteiger partial charge in [0, 0.05) is 30.8 Å². The zero-order chi connectivity index (χ0) is 19.4. The van der Waals surface area contributed by atoms with E-state index in [1.165, 1.54) is 18.4 Å². The van der Waals surface area contributed by atoms with E-state index >= 15 is 0 Å². The van der Waals surface area contributed by atoms with Crippen molar-refractivity contribution in [1.29, 1.82) is 0 Å². The van der Waals surface area contributed by atoms with Gasteiger partial charge in [0.15, 0.2) is 11.5 Å². The summed E-state index contributed by atoms with van der Waals surface area (Å²) >= 11 is 0. The second kappa shape index (κ2) is 8.41. The standard InChI is InChI=1S/C22H30N2O4/c25-20(4-3-11-23-21(26)16-5-6-16)24-15-22(9-1-2-10-22)17-7-8-18-19(14-17)28-13-12-27-18/h7-8,14,16H,1-6,9-13,15H2,(H,23,26)(H,24,25). The van der Waals surface area contributed by atoms with Crippen molar-refractivity contribution in [2.24, 2.45) is 5.92 Å². The molecule has 0 saturated heterocycles. The fourth-order valence-corrected chi connectivity index (χ4v) is 4.30. The lowest BCUT2D eigenvalue weighted by Crippen LogP contribution is -2.39. The molecule has 2 saturated carbocycles. The minimum atomic E-state index is -0.0221. The predicted molar refractivity (Wildman–Crippen MR) is 106 cm³/mol. The second-order valence-corrected chi connectivity index (χ2v) is 8.29. The summed E-state index contributed by atoms with van der Waals surface area (Å²) in [5, 5.41) is 6.06. The zero-order valence-electron chi connectivity index (χ0n) is 16.4. The van der Waals surface area contributed by atoms with Gasteiger partial charge in [0.25, 0.3) is 0 Å². The Labute approximate surface area is 166 Å². The number of carbonyl (C=O) groups excluding carboxylic acids is 2. The highest BCUT2D eigenvalue weighted by Gasteiger charge is 2.36. The van der Waals surface area contributed by atoms with Gasteiger partial charge < -0.3 is 20.1 Å². The van der Waals surface area contributed by atoms with E-state index in [0.717, 1.165) is 37.2 Å². The van der Waals surface area contributed by atoms with Gasteiger partial charge in [-0.15, -0.1) is 0 Å². The Morgan fingerprint density at radius 1 is 1.04 bits per heavy atom. The van der Waals surface area contributed by atoms with Gasteiger partial charge >= 0.3 is 0 Å². The summed E-state index contributed by atoms with van der Waals surface area (Å²) in [5.74, 6) is 2.05. The summed E-state index contributed by atoms with van der Waals surface area (Å²) in [6.45, 7) is 2.40. The molecular weight excluding hydrogens is 356 g/mol. The maximum atomic E-state index is 12.3. The van der Waals surface area contributed by atoms with E-state index in [2.05, 4.69) is 22.8 Å². The van der Waals surface area contributed by atoms with Crippen molar-refractivity contribution in [3.63, 3.8) is 0 Å². The number of hydrogen-bond acceptors (Lipinski definition) is 4. The van der Waals surface area contributed by atoms with Gasteiger partial charge in [-0.1, -0.05) is 18.9 Å². The van der Waals surface area contributed by atoms with Gasteiger partial charge in [-0.25, -0.2) is 0 Å². The molecule has 0 spiro atoms. The van der Waals surface area contributed by atoms with Gasteiger partial charge in [-0.05, 0) is 49.8 Å². The summed E-state index contributed by atoms with van der Waals surface area (Å²) in [6, 6.07) is 6.21. The van der Waals surface area contributed by atoms with Gasteiger partial charge in [0.05, 0.1) is 0 Å². The van der Waals surface area contributed by atoms with E-state index < -0.39 is 0 Å². The average molecular weight is 386 g/mol. The molecule has 0 atom stereocenters. The number of ether oxygens (including phenoxy) is 2. The lowest BCUT2D eigenvalue weighted by molar-refractivity contribution is -0.123. The Hall–Kier alpha value is -2.24. The summed E-state index contributed by atoms with van der Waals surface area (Å²) < 4.78 is 11.4. The van der Waals surface area contributed by atoms with E-state index in [1.54, 1.807) is 0 Å². The highest BCUT2D eigenvalue weighted by Crippen LogP contribution is 2.43. The molecule has 1 aliphatic heterocycles. The number of nitrogens with one attached hydrogen (secondary N) is 2. The van der Waals surface area contributed by atoms with E-state index in [0.29, 0.717) is 39.1 Å². The predicted octanol–water partition coefficient (Wildman–Crippen LogP) is 2.69. The minimum absolute atomic E-state index is 0.0221. The zero-order valence-corrected chi connectivity index (χ0v) is 16.4. The van der Waals surface area contributed by atoms with Crippen LogP contribution in [0.25, 0.3) is 0 Å². The quantitative estimate of drug-likeness (QED) is 0.674. The first-order valence-electron chi connectivity index (χ1n) is 10.6. The monoisotopic (exact) mass is 386 g/mol. The molecule has 0 aromatic heterocycles. The van der Waals surface area contributed by atoms with Gasteiger partial charge in [0.2, 0.25) is 11.8 Å². The number of rotatable bonds is 8. The molecule has 0 unspecified atom stereocenters. The van der Waals surface area contributed by atoms with Crippen LogP contribution in [-0.2, 0) is 15.0 Å². The molecule has 6 nitrogen and oxygen atoms in total. The molecule has 2 aliphatic carbocycles. The Kier molecular flexibility index (Phi) is 5.74. The van der Waals surface area contributed by atoms with Crippen molar-refractivity contribution in [2.75, 3.05) is 26.3 Å². The smallest absolute Gasteiger partial charge is 0.223 e. The summed E-state index contributed by atoms with van der Waals surface area (Å²) in [5.41, 5.74) is 1.21. The van der Waals surface area contributed by atoms with Gasteiger partial charge in [0.1, 0.15) is 13.2 Å². The van der Waals surface area contributed by atoms with Crippen LogP contribution in [0, 0.1) is 5.92 Å². The normalized spacial score (nSPS) is 19.9. The molecule has 0 radical (unpaired) electrons. The van der Waals surface area contributed by atoms with Crippen molar-refractivity contribution in [3.8, 4) is 11.5 Å². The molecule has 1 aromatic carbocycles. The molecule has 2 fully saturated rings. The van der Waals surface area contributed by atoms with Crippen molar-refractivity contribution in [1.82, 2.24) is 10.6 Å². The van der Waals surface area contributed by atoms with Crippen LogP contribution in [0.3, 0.4) is 0 Å². The molecule has 0 bridgehead atoms. The summed E-state index contributed by atoms with van der Waals surface area (Å²) in [4.78, 5) is 23.9. The number of amides is 2. The molecule has 6 heteroatoms. The van der Waals surface area contributed by atoms with Crippen molar-refractivity contribution >= 4 is 11.8 Å². The van der Waals surface area contributed by atoms with Crippen molar-refractivity contribution in [3.05, 3.63) is 23.8 Å². The largest absolute Gasteiger partial charge is 0.486 e. The Morgan fingerprint density at radius 3 is 2.54 bits per heavy atom. The molecule has 152 valence electrons. The van der Waals surface area contributed by atoms with Gasteiger partial charge in [-0.3, -0.25) is 9.59 Å². The third-order valence-electron chi connectivity index (χ3n) is 6.17. The average Bonchev–Trinajstić information content (AvgIpc) is 3.47. The first kappa shape index (κ1) is 19.1. The van der Waals surface area contributed by atoms with Crippen LogP contribution in [-0.4, -0.2) is 38.1 Å². The lowest BCUT2D eigenvalue weighted by Gasteiger charge is -2.31. The SMILES string of the molecule is O=C(CCCNC(=O)C1CC1)NCC1(c2ccc3c(c2)OCCO3)CCCC1. The molecule has 4 rings (SSSR count). The van der Waals surface area contributed by atoms with Crippen LogP contribution in [0.4, 0.5) is 0 Å². The van der Waals surface area contributed by atoms with E-state index in [4.69, 9.17) is 9.47 Å². The Balaban J connectivity index is 1.29. The van der Waals surface area contributed by atoms with Crippen LogP contribution >= 0.6 is 0 Å². The molecular formula is C22H30N2O4. The van der Waals surface area contributed by atoms with Gasteiger partial charge in [-0.2, -0.15) is 0 Å². The molecule has 3 aliphatic rings. The van der Waals surface area contributed by atoms with Crippen LogP contribution < -0.4 is 20.1 Å². The number of fused-ring (bicyclic) bond motifs is 1. The van der Waals surface area contributed by atoms with E-state index in [-0.39, 0.29) is 23.1 Å². The minimum Gasteiger partial charge on any atom is -0.486 e. The van der Waals surface area contributed by atoms with Crippen LogP contribution in [0.1, 0.15) is 56.9 Å². The second-order valence-electron chi connectivity index (χ2n) is 8.29. The Morgan fingerprint density at radius 2 is 1.79 bits per heavy atom. The van der Waals surface area contributed by atoms with Crippen molar-refractivity contribution in [2.45, 2.75) is 56.8 Å². The highest BCUT2D eigenvalue weighted by molar-refractivity contribution is 5.81. The molecule has 2 N–H and O–H groups in total. The first-order valence-corrected chi connectivity index (χ1v) is 10.6. The van der Waals surface area contributed by atoms with Crippen LogP contribution in [0.15, 0.2) is 18.2 Å². The molecule has 1 heterocycles.